The van der Waals surface area contributed by atoms with E-state index < -0.39 is 0 Å². The average molecular weight is 213 g/mol. The summed E-state index contributed by atoms with van der Waals surface area (Å²) in [7, 11) is 1.78. The van der Waals surface area contributed by atoms with E-state index in [4.69, 9.17) is 4.74 Å². The van der Waals surface area contributed by atoms with Crippen LogP contribution < -0.4 is 0 Å². The Balaban J connectivity index is 0.000000921. The minimum absolute atomic E-state index is 0.910. The molecule has 1 fully saturated rings. The fourth-order valence-electron chi connectivity index (χ4n) is 2.05. The molecular formula is C13H27NO. The van der Waals surface area contributed by atoms with Gasteiger partial charge in [0.05, 0.1) is 0 Å². The molecule has 2 heteroatoms. The van der Waals surface area contributed by atoms with Crippen LogP contribution in [-0.2, 0) is 4.74 Å². The molecule has 0 saturated carbocycles. The Bertz CT molecular complexity index is 128. The first-order valence-electron chi connectivity index (χ1n) is 6.08. The minimum Gasteiger partial charge on any atom is -0.385 e. The Morgan fingerprint density at radius 1 is 1.27 bits per heavy atom. The van der Waals surface area contributed by atoms with E-state index in [0.29, 0.717) is 0 Å². The van der Waals surface area contributed by atoms with Gasteiger partial charge in [-0.3, -0.25) is 0 Å². The number of likely N-dealkylation sites (tertiary alicyclic amines) is 1. The lowest BCUT2D eigenvalue weighted by atomic mass is 9.94. The lowest BCUT2D eigenvalue weighted by Gasteiger charge is -2.31. The smallest absolute Gasteiger partial charge is 0.0474 e. The number of nitrogens with zero attached hydrogens (tertiary/aromatic N) is 1. The Kier molecular flexibility index (Phi) is 9.96. The van der Waals surface area contributed by atoms with E-state index in [9.17, 15) is 0 Å². The minimum atomic E-state index is 0.910. The van der Waals surface area contributed by atoms with Gasteiger partial charge in [-0.2, -0.15) is 0 Å². The summed E-state index contributed by atoms with van der Waals surface area (Å²) in [4.78, 5) is 2.57. The molecule has 0 aliphatic carbocycles. The van der Waals surface area contributed by atoms with Gasteiger partial charge in [-0.25, -0.2) is 0 Å². The van der Waals surface area contributed by atoms with Crippen LogP contribution in [0.3, 0.4) is 0 Å². The third-order valence-electron chi connectivity index (χ3n) is 3.11. The summed E-state index contributed by atoms with van der Waals surface area (Å²) in [5.41, 5.74) is 0. The highest BCUT2D eigenvalue weighted by Gasteiger charge is 2.16. The van der Waals surface area contributed by atoms with Crippen molar-refractivity contribution in [1.29, 1.82) is 0 Å². The maximum absolute atomic E-state index is 5.05. The quantitative estimate of drug-likeness (QED) is 0.514. The van der Waals surface area contributed by atoms with Crippen LogP contribution in [0.4, 0.5) is 0 Å². The molecule has 15 heavy (non-hydrogen) atoms. The fraction of sp³-hybridized carbons (Fsp3) is 0.846. The summed E-state index contributed by atoms with van der Waals surface area (Å²) in [6, 6.07) is 0. The Hall–Kier alpha value is -0.340. The van der Waals surface area contributed by atoms with Gasteiger partial charge in [-0.1, -0.05) is 13.3 Å². The maximum Gasteiger partial charge on any atom is 0.0474 e. The van der Waals surface area contributed by atoms with E-state index in [0.717, 1.165) is 12.5 Å². The van der Waals surface area contributed by atoms with Crippen molar-refractivity contribution in [2.45, 2.75) is 32.6 Å². The van der Waals surface area contributed by atoms with Gasteiger partial charge in [0.2, 0.25) is 0 Å². The van der Waals surface area contributed by atoms with Crippen LogP contribution in [-0.4, -0.2) is 38.3 Å². The second-order valence-corrected chi connectivity index (χ2v) is 4.04. The molecule has 1 aliphatic rings. The molecular weight excluding hydrogens is 186 g/mol. The van der Waals surface area contributed by atoms with Crippen molar-refractivity contribution in [2.75, 3.05) is 33.4 Å². The lowest BCUT2D eigenvalue weighted by Crippen LogP contribution is -2.34. The zero-order valence-electron chi connectivity index (χ0n) is 10.5. The van der Waals surface area contributed by atoms with Gasteiger partial charge in [0.25, 0.3) is 0 Å². The highest BCUT2D eigenvalue weighted by atomic mass is 16.5. The van der Waals surface area contributed by atoms with E-state index in [1.165, 1.54) is 45.3 Å². The molecule has 0 N–H and O–H groups in total. The summed E-state index contributed by atoms with van der Waals surface area (Å²) in [6.45, 7) is 13.1. The first-order valence-corrected chi connectivity index (χ1v) is 6.08. The summed E-state index contributed by atoms with van der Waals surface area (Å²) < 4.78 is 5.05. The van der Waals surface area contributed by atoms with Gasteiger partial charge >= 0.3 is 0 Å². The van der Waals surface area contributed by atoms with Gasteiger partial charge in [0.1, 0.15) is 0 Å². The SMILES string of the molecule is C=C.CCC1CCN(CCCOC)CC1. The number of piperidine rings is 1. The molecule has 1 rings (SSSR count). The van der Waals surface area contributed by atoms with E-state index in [2.05, 4.69) is 25.0 Å². The molecule has 0 atom stereocenters. The molecule has 0 unspecified atom stereocenters. The maximum atomic E-state index is 5.05. The Morgan fingerprint density at radius 2 is 1.87 bits per heavy atom. The number of ether oxygens (including phenoxy) is 1. The van der Waals surface area contributed by atoms with E-state index in [1.807, 2.05) is 0 Å². The van der Waals surface area contributed by atoms with Crippen LogP contribution in [0.25, 0.3) is 0 Å². The number of hydrogen-bond donors (Lipinski definition) is 0. The van der Waals surface area contributed by atoms with Crippen molar-refractivity contribution >= 4 is 0 Å². The fourth-order valence-corrected chi connectivity index (χ4v) is 2.05. The van der Waals surface area contributed by atoms with Crippen molar-refractivity contribution in [3.8, 4) is 0 Å². The van der Waals surface area contributed by atoms with Gasteiger partial charge in [0.15, 0.2) is 0 Å². The Labute approximate surface area is 95.3 Å². The van der Waals surface area contributed by atoms with Gasteiger partial charge in [-0.05, 0) is 38.3 Å². The van der Waals surface area contributed by atoms with Crippen molar-refractivity contribution in [3.63, 3.8) is 0 Å². The van der Waals surface area contributed by atoms with E-state index >= 15 is 0 Å². The molecule has 1 heterocycles. The van der Waals surface area contributed by atoms with Crippen molar-refractivity contribution in [1.82, 2.24) is 4.90 Å². The molecule has 0 aromatic heterocycles. The second kappa shape index (κ2) is 10.2. The van der Waals surface area contributed by atoms with E-state index in [1.54, 1.807) is 7.11 Å². The predicted molar refractivity (Wildman–Crippen MR) is 67.2 cm³/mol. The molecule has 0 radical (unpaired) electrons. The van der Waals surface area contributed by atoms with Crippen LogP contribution in [0.15, 0.2) is 13.2 Å². The van der Waals surface area contributed by atoms with Gasteiger partial charge in [-0.15, -0.1) is 13.2 Å². The molecule has 1 aliphatic heterocycles. The van der Waals surface area contributed by atoms with Crippen molar-refractivity contribution in [2.24, 2.45) is 5.92 Å². The largest absolute Gasteiger partial charge is 0.385 e. The molecule has 0 amide bonds. The van der Waals surface area contributed by atoms with Crippen LogP contribution in [0, 0.1) is 5.92 Å². The van der Waals surface area contributed by atoms with Gasteiger partial charge < -0.3 is 9.64 Å². The second-order valence-electron chi connectivity index (χ2n) is 4.04. The highest BCUT2D eigenvalue weighted by molar-refractivity contribution is 4.70. The zero-order valence-corrected chi connectivity index (χ0v) is 10.5. The molecule has 0 aromatic rings. The third-order valence-corrected chi connectivity index (χ3v) is 3.11. The monoisotopic (exact) mass is 213 g/mol. The lowest BCUT2D eigenvalue weighted by molar-refractivity contribution is 0.145. The molecule has 0 bridgehead atoms. The summed E-state index contributed by atoms with van der Waals surface area (Å²) in [5, 5.41) is 0. The number of hydrogen-bond acceptors (Lipinski definition) is 2. The summed E-state index contributed by atoms with van der Waals surface area (Å²) in [5.74, 6) is 0.999. The normalized spacial score (nSPS) is 18.3. The van der Waals surface area contributed by atoms with Crippen LogP contribution in [0.2, 0.25) is 0 Å². The highest BCUT2D eigenvalue weighted by Crippen LogP contribution is 2.19. The first kappa shape index (κ1) is 14.7. The summed E-state index contributed by atoms with van der Waals surface area (Å²) in [6.07, 6.45) is 5.37. The molecule has 1 saturated heterocycles. The van der Waals surface area contributed by atoms with Crippen molar-refractivity contribution in [3.05, 3.63) is 13.2 Å². The molecule has 0 aromatic carbocycles. The van der Waals surface area contributed by atoms with E-state index in [-0.39, 0.29) is 0 Å². The van der Waals surface area contributed by atoms with Crippen LogP contribution in [0.1, 0.15) is 32.6 Å². The standard InChI is InChI=1S/C11H23NO.C2H4/c1-3-11-5-8-12(9-6-11)7-4-10-13-2;1-2/h11H,3-10H2,1-2H3;1-2H2. The third kappa shape index (κ3) is 6.69. The number of rotatable bonds is 5. The average Bonchev–Trinajstić information content (AvgIpc) is 2.33. The zero-order chi connectivity index (χ0) is 11.5. The molecule has 0 spiro atoms. The molecule has 2 nitrogen and oxygen atoms in total. The predicted octanol–water partition coefficient (Wildman–Crippen LogP) is 2.95. The van der Waals surface area contributed by atoms with Crippen molar-refractivity contribution < 1.29 is 4.74 Å². The van der Waals surface area contributed by atoms with Crippen LogP contribution >= 0.6 is 0 Å². The molecule has 90 valence electrons. The Morgan fingerprint density at radius 3 is 2.33 bits per heavy atom. The topological polar surface area (TPSA) is 12.5 Å². The first-order chi connectivity index (χ1) is 7.36. The van der Waals surface area contributed by atoms with Gasteiger partial charge in [0, 0.05) is 20.3 Å². The van der Waals surface area contributed by atoms with Crippen LogP contribution in [0.5, 0.6) is 0 Å². The number of methoxy groups -OCH3 is 1. The summed E-state index contributed by atoms with van der Waals surface area (Å²) >= 11 is 0.